The molecule has 0 saturated heterocycles. The van der Waals surface area contributed by atoms with Crippen molar-refractivity contribution in [3.8, 4) is 0 Å². The van der Waals surface area contributed by atoms with Gasteiger partial charge in [-0.2, -0.15) is 0 Å². The summed E-state index contributed by atoms with van der Waals surface area (Å²) >= 11 is 2.41. The van der Waals surface area contributed by atoms with E-state index in [0.717, 1.165) is 17.6 Å². The van der Waals surface area contributed by atoms with Gasteiger partial charge in [-0.15, -0.1) is 0 Å². The number of hydrogen-bond acceptors (Lipinski definition) is 1. The van der Waals surface area contributed by atoms with Crippen molar-refractivity contribution in [3.63, 3.8) is 0 Å². The Hall–Kier alpha value is -1.29. The number of alkyl halides is 1. The van der Waals surface area contributed by atoms with E-state index in [1.807, 2.05) is 12.2 Å². The van der Waals surface area contributed by atoms with E-state index in [1.165, 1.54) is 16.7 Å². The third-order valence-electron chi connectivity index (χ3n) is 3.55. The zero-order valence-electron chi connectivity index (χ0n) is 10.7. The van der Waals surface area contributed by atoms with Crippen LogP contribution in [0.25, 0.3) is 0 Å². The van der Waals surface area contributed by atoms with Crippen molar-refractivity contribution in [2.75, 3.05) is 0 Å². The Balaban J connectivity index is 2.12. The summed E-state index contributed by atoms with van der Waals surface area (Å²) in [7, 11) is 0. The van der Waals surface area contributed by atoms with Gasteiger partial charge in [0.05, 0.1) is 3.92 Å². The minimum atomic E-state index is 0.302. The normalized spacial score (nSPS) is 32.0. The standard InChI is InChI=1S/C17H15IO/c1-2-11-7-12-3-5-14-9-16(19)10-15(17(14)18)6-4-13(12)8-11/h3-10,17,19H,2H2,1H3/b5-3-,6-4?,12-3?,13-4-,14-5?,15-6-. The maximum Gasteiger partial charge on any atom is 0.116 e. The first-order valence-electron chi connectivity index (χ1n) is 6.46. The Morgan fingerprint density at radius 1 is 1.00 bits per heavy atom. The minimum Gasteiger partial charge on any atom is -0.508 e. The molecule has 0 aromatic heterocycles. The average Bonchev–Trinajstić information content (AvgIpc) is 2.80. The first-order valence-corrected chi connectivity index (χ1v) is 7.71. The SMILES string of the molecule is CCC1=C/C2=C/C=C3/C=C(O)C=C(/C=C\C2=C1)C3I. The van der Waals surface area contributed by atoms with Gasteiger partial charge in [0.2, 0.25) is 0 Å². The maximum absolute atomic E-state index is 9.78. The zero-order valence-corrected chi connectivity index (χ0v) is 12.9. The Labute approximate surface area is 127 Å². The third-order valence-corrected chi connectivity index (χ3v) is 4.99. The van der Waals surface area contributed by atoms with Gasteiger partial charge in [0, 0.05) is 0 Å². The molecule has 2 heteroatoms. The zero-order chi connectivity index (χ0) is 13.4. The monoisotopic (exact) mass is 362 g/mol. The Bertz CT molecular complexity index is 636. The number of rotatable bonds is 1. The summed E-state index contributed by atoms with van der Waals surface area (Å²) in [6, 6.07) is 0. The maximum atomic E-state index is 9.78. The van der Waals surface area contributed by atoms with Gasteiger partial charge < -0.3 is 5.11 Å². The first kappa shape index (κ1) is 12.7. The molecule has 0 saturated carbocycles. The summed E-state index contributed by atoms with van der Waals surface area (Å²) in [6.07, 6.45) is 17.8. The van der Waals surface area contributed by atoms with Crippen LogP contribution in [0.5, 0.6) is 0 Å². The topological polar surface area (TPSA) is 20.2 Å². The van der Waals surface area contributed by atoms with Gasteiger partial charge in [-0.1, -0.05) is 66.0 Å². The summed E-state index contributed by atoms with van der Waals surface area (Å²) in [6.45, 7) is 2.18. The molecule has 1 atom stereocenters. The second-order valence-electron chi connectivity index (χ2n) is 4.87. The van der Waals surface area contributed by atoms with E-state index in [9.17, 15) is 5.11 Å². The van der Waals surface area contributed by atoms with Crippen LogP contribution >= 0.6 is 22.6 Å². The quantitative estimate of drug-likeness (QED) is 0.521. The highest BCUT2D eigenvalue weighted by atomic mass is 127. The second kappa shape index (κ2) is 5.00. The fraction of sp³-hybridized carbons (Fsp3) is 0.176. The molecule has 0 aliphatic heterocycles. The number of aliphatic hydroxyl groups is 1. The van der Waals surface area contributed by atoms with E-state index in [4.69, 9.17) is 0 Å². The van der Waals surface area contributed by atoms with Crippen LogP contribution in [0, 0.1) is 0 Å². The molecule has 1 unspecified atom stereocenters. The van der Waals surface area contributed by atoms with Crippen molar-refractivity contribution in [2.24, 2.45) is 0 Å². The number of hydrogen-bond donors (Lipinski definition) is 1. The largest absolute Gasteiger partial charge is 0.508 e. The lowest BCUT2D eigenvalue weighted by atomic mass is 9.98. The van der Waals surface area contributed by atoms with Gasteiger partial charge in [0.25, 0.3) is 0 Å². The molecule has 0 aromatic carbocycles. The summed E-state index contributed by atoms with van der Waals surface area (Å²) in [5.74, 6) is 0.336. The molecule has 3 aliphatic carbocycles. The van der Waals surface area contributed by atoms with E-state index in [-0.39, 0.29) is 0 Å². The molecular formula is C17H15IO. The molecule has 2 bridgehead atoms. The fourth-order valence-corrected chi connectivity index (χ4v) is 3.23. The summed E-state index contributed by atoms with van der Waals surface area (Å²) in [4.78, 5) is 0. The van der Waals surface area contributed by atoms with Crippen LogP contribution in [0.15, 0.2) is 82.2 Å². The highest BCUT2D eigenvalue weighted by Gasteiger charge is 2.19. The van der Waals surface area contributed by atoms with Crippen LogP contribution in [0.4, 0.5) is 0 Å². The van der Waals surface area contributed by atoms with Crippen molar-refractivity contribution in [1.29, 1.82) is 0 Å². The van der Waals surface area contributed by atoms with Gasteiger partial charge in [-0.05, 0) is 46.4 Å². The van der Waals surface area contributed by atoms with Crippen molar-refractivity contribution < 1.29 is 5.11 Å². The first-order chi connectivity index (χ1) is 9.17. The molecule has 0 fully saturated rings. The number of allylic oxidation sites excluding steroid dienone is 13. The van der Waals surface area contributed by atoms with Crippen molar-refractivity contribution in [3.05, 3.63) is 82.2 Å². The molecular weight excluding hydrogens is 347 g/mol. The van der Waals surface area contributed by atoms with Crippen molar-refractivity contribution in [1.82, 2.24) is 0 Å². The van der Waals surface area contributed by atoms with Gasteiger partial charge in [-0.25, -0.2) is 0 Å². The minimum absolute atomic E-state index is 0.302. The highest BCUT2D eigenvalue weighted by Crippen LogP contribution is 2.34. The molecule has 0 heterocycles. The van der Waals surface area contributed by atoms with Gasteiger partial charge >= 0.3 is 0 Å². The van der Waals surface area contributed by atoms with E-state index >= 15 is 0 Å². The van der Waals surface area contributed by atoms with Crippen LogP contribution in [0.2, 0.25) is 0 Å². The lowest BCUT2D eigenvalue weighted by Gasteiger charge is -2.17. The van der Waals surface area contributed by atoms with E-state index < -0.39 is 0 Å². The van der Waals surface area contributed by atoms with Crippen LogP contribution in [0.1, 0.15) is 13.3 Å². The van der Waals surface area contributed by atoms with Crippen LogP contribution in [-0.2, 0) is 0 Å². The van der Waals surface area contributed by atoms with Gasteiger partial charge in [0.15, 0.2) is 0 Å². The predicted octanol–water partition coefficient (Wildman–Crippen LogP) is 4.87. The Kier molecular flexibility index (Phi) is 3.35. The molecule has 3 rings (SSSR count). The molecule has 0 amide bonds. The summed E-state index contributed by atoms with van der Waals surface area (Å²) in [5.41, 5.74) is 6.17. The molecule has 0 spiro atoms. The molecule has 3 aliphatic rings. The lowest BCUT2D eigenvalue weighted by molar-refractivity contribution is 0.430. The second-order valence-corrected chi connectivity index (χ2v) is 6.12. The van der Waals surface area contributed by atoms with Gasteiger partial charge in [0.1, 0.15) is 5.76 Å². The Morgan fingerprint density at radius 3 is 2.63 bits per heavy atom. The van der Waals surface area contributed by atoms with E-state index in [0.29, 0.717) is 9.68 Å². The van der Waals surface area contributed by atoms with E-state index in [2.05, 4.69) is 66.0 Å². The molecule has 1 N–H and O–H groups in total. The molecule has 96 valence electrons. The molecule has 0 radical (unpaired) electrons. The van der Waals surface area contributed by atoms with Crippen molar-refractivity contribution >= 4 is 22.6 Å². The number of aliphatic hydroxyl groups excluding tert-OH is 1. The highest BCUT2D eigenvalue weighted by molar-refractivity contribution is 14.1. The molecule has 19 heavy (non-hydrogen) atoms. The van der Waals surface area contributed by atoms with Crippen LogP contribution in [0.3, 0.4) is 0 Å². The molecule has 0 aromatic rings. The summed E-state index contributed by atoms with van der Waals surface area (Å²) in [5, 5.41) is 9.78. The summed E-state index contributed by atoms with van der Waals surface area (Å²) < 4.78 is 0.302. The van der Waals surface area contributed by atoms with Crippen molar-refractivity contribution in [2.45, 2.75) is 17.3 Å². The fourth-order valence-electron chi connectivity index (χ4n) is 2.46. The Morgan fingerprint density at radius 2 is 1.84 bits per heavy atom. The average molecular weight is 362 g/mol. The van der Waals surface area contributed by atoms with Crippen LogP contribution in [-0.4, -0.2) is 9.03 Å². The number of fused-ring (bicyclic) bond motifs is 3. The van der Waals surface area contributed by atoms with Crippen LogP contribution < -0.4 is 0 Å². The number of halogens is 1. The van der Waals surface area contributed by atoms with E-state index in [1.54, 1.807) is 0 Å². The molecule has 1 nitrogen and oxygen atoms in total. The third kappa shape index (κ3) is 2.41. The smallest absolute Gasteiger partial charge is 0.116 e. The lowest BCUT2D eigenvalue weighted by Crippen LogP contribution is -2.08. The predicted molar refractivity (Wildman–Crippen MR) is 88.4 cm³/mol. The van der Waals surface area contributed by atoms with Gasteiger partial charge in [-0.3, -0.25) is 0 Å².